The first-order chi connectivity index (χ1) is 6.55. The summed E-state index contributed by atoms with van der Waals surface area (Å²) < 4.78 is 22.4. The number of hydrogen-bond donors (Lipinski definition) is 1. The van der Waals surface area contributed by atoms with Gasteiger partial charge in [0.15, 0.2) is 9.84 Å². The summed E-state index contributed by atoms with van der Waals surface area (Å²) >= 11 is 0. The van der Waals surface area contributed by atoms with Gasteiger partial charge < -0.3 is 10.2 Å². The lowest BCUT2D eigenvalue weighted by Crippen LogP contribution is -2.49. The largest absolute Gasteiger partial charge is 0.339 e. The number of carbonyl (C=O) groups excluding carboxylic acids is 1. The predicted octanol–water partition coefficient (Wildman–Crippen LogP) is -0.303. The molecule has 1 N–H and O–H groups in total. The molecule has 16 heavy (non-hydrogen) atoms. The van der Waals surface area contributed by atoms with Gasteiger partial charge >= 0.3 is 0 Å². The first-order valence-corrected chi connectivity index (χ1v) is 6.56. The van der Waals surface area contributed by atoms with E-state index in [1.54, 1.807) is 11.8 Å². The van der Waals surface area contributed by atoms with Crippen molar-refractivity contribution in [2.45, 2.75) is 6.92 Å². The van der Waals surface area contributed by atoms with Gasteiger partial charge in [-0.2, -0.15) is 0 Å². The molecule has 0 radical (unpaired) electrons. The molecule has 0 saturated carbocycles. The summed E-state index contributed by atoms with van der Waals surface area (Å²) in [5, 5.41) is 2.93. The van der Waals surface area contributed by atoms with E-state index in [1.807, 2.05) is 0 Å². The Morgan fingerprint density at radius 3 is 2.50 bits per heavy atom. The molecule has 0 unspecified atom stereocenters. The summed E-state index contributed by atoms with van der Waals surface area (Å²) in [6, 6.07) is 0. The number of nitrogens with zero attached hydrogens (tertiary/aromatic N) is 1. The molecule has 5 nitrogen and oxygen atoms in total. The monoisotopic (exact) mass is 292 g/mol. The summed E-state index contributed by atoms with van der Waals surface area (Å²) in [7, 11) is -2.96. The van der Waals surface area contributed by atoms with Crippen LogP contribution in [0.15, 0.2) is 0 Å². The molecule has 0 bridgehead atoms. The number of amides is 1. The second kappa shape index (κ2) is 8.11. The second-order valence-corrected chi connectivity index (χ2v) is 5.77. The minimum Gasteiger partial charge on any atom is -0.339 e. The maximum atomic E-state index is 11.3. The number of piperazine rings is 1. The third-order valence-electron chi connectivity index (χ3n) is 2.30. The molecule has 0 aromatic rings. The maximum absolute atomic E-state index is 11.3. The van der Waals surface area contributed by atoms with E-state index in [2.05, 4.69) is 5.32 Å². The molecule has 8 heteroatoms. The molecule has 0 spiro atoms. The molecule has 1 aliphatic heterocycles. The van der Waals surface area contributed by atoms with Crippen LogP contribution in [0.25, 0.3) is 0 Å². The van der Waals surface area contributed by atoms with Crippen molar-refractivity contribution in [1.29, 1.82) is 0 Å². The van der Waals surface area contributed by atoms with Gasteiger partial charge in [-0.25, -0.2) is 8.42 Å². The van der Waals surface area contributed by atoms with E-state index in [9.17, 15) is 13.2 Å². The molecule has 0 aromatic heterocycles. The zero-order valence-electron chi connectivity index (χ0n) is 9.14. The Bertz CT molecular complexity index is 308. The van der Waals surface area contributed by atoms with Crippen molar-refractivity contribution in [3.05, 3.63) is 0 Å². The molecule has 0 atom stereocenters. The van der Waals surface area contributed by atoms with Gasteiger partial charge in [-0.05, 0) is 0 Å². The molecule has 1 aliphatic rings. The van der Waals surface area contributed by atoms with Gasteiger partial charge in [-0.1, -0.05) is 6.92 Å². The molecule has 1 heterocycles. The van der Waals surface area contributed by atoms with Crippen LogP contribution in [0.5, 0.6) is 0 Å². The average molecular weight is 293 g/mol. The third-order valence-corrected chi connectivity index (χ3v) is 3.98. The van der Waals surface area contributed by atoms with E-state index in [-0.39, 0.29) is 42.2 Å². The highest BCUT2D eigenvalue weighted by Gasteiger charge is 2.19. The van der Waals surface area contributed by atoms with E-state index in [0.717, 1.165) is 6.54 Å². The molecule has 1 fully saturated rings. The summed E-state index contributed by atoms with van der Waals surface area (Å²) in [6.45, 7) is 3.63. The highest BCUT2D eigenvalue weighted by molar-refractivity contribution is 7.91. The Hall–Kier alpha value is -0.0400. The molecule has 0 aliphatic carbocycles. The molecular weight excluding hydrogens is 275 g/mol. The van der Waals surface area contributed by atoms with Crippen LogP contribution < -0.4 is 5.32 Å². The number of sulfone groups is 1. The van der Waals surface area contributed by atoms with Crippen LogP contribution in [0.2, 0.25) is 0 Å². The van der Waals surface area contributed by atoms with Crippen LogP contribution in [0.4, 0.5) is 0 Å². The summed E-state index contributed by atoms with van der Waals surface area (Å²) in [5.41, 5.74) is 0. The summed E-state index contributed by atoms with van der Waals surface area (Å²) in [4.78, 5) is 12.9. The van der Waals surface area contributed by atoms with Gasteiger partial charge in [-0.3, -0.25) is 4.79 Å². The van der Waals surface area contributed by atoms with E-state index in [1.165, 1.54) is 0 Å². The van der Waals surface area contributed by atoms with Crippen molar-refractivity contribution in [2.75, 3.05) is 37.7 Å². The lowest BCUT2D eigenvalue weighted by atomic mass is 10.3. The van der Waals surface area contributed by atoms with E-state index in [0.29, 0.717) is 19.6 Å². The highest BCUT2D eigenvalue weighted by Crippen LogP contribution is 1.97. The lowest BCUT2D eigenvalue weighted by molar-refractivity contribution is -0.131. The van der Waals surface area contributed by atoms with E-state index >= 15 is 0 Å². The summed E-state index contributed by atoms with van der Waals surface area (Å²) in [5.74, 6) is 0.213. The molecule has 1 rings (SSSR count). The van der Waals surface area contributed by atoms with Crippen molar-refractivity contribution in [1.82, 2.24) is 10.2 Å². The highest BCUT2D eigenvalue weighted by atomic mass is 35.5. The Kier molecular flexibility index (Phi) is 9.29. The van der Waals surface area contributed by atoms with Crippen LogP contribution >= 0.6 is 24.8 Å². The minimum absolute atomic E-state index is 0. The fraction of sp³-hybridized carbons (Fsp3) is 0.875. The first kappa shape index (κ1) is 18.3. The lowest BCUT2D eigenvalue weighted by Gasteiger charge is -2.27. The Labute approximate surface area is 109 Å². The normalized spacial score (nSPS) is 16.3. The standard InChI is InChI=1S/C8H16N2O3S.2ClH/c1-2-14(12,13)6-5-10-4-3-9-7-8(10)11;;/h9H,2-7H2,1H3;2*1H. The van der Waals surface area contributed by atoms with E-state index < -0.39 is 9.84 Å². The fourth-order valence-electron chi connectivity index (χ4n) is 1.28. The number of hydrogen-bond acceptors (Lipinski definition) is 4. The molecule has 0 aromatic carbocycles. The molecule has 1 saturated heterocycles. The van der Waals surface area contributed by atoms with E-state index in [4.69, 9.17) is 0 Å². The van der Waals surface area contributed by atoms with Crippen molar-refractivity contribution in [3.63, 3.8) is 0 Å². The molecule has 98 valence electrons. The summed E-state index contributed by atoms with van der Waals surface area (Å²) in [6.07, 6.45) is 0. The van der Waals surface area contributed by atoms with Gasteiger partial charge in [0, 0.05) is 25.4 Å². The zero-order chi connectivity index (χ0) is 10.6. The van der Waals surface area contributed by atoms with Gasteiger partial charge in [0.05, 0.1) is 12.3 Å². The minimum atomic E-state index is -2.96. The van der Waals surface area contributed by atoms with Crippen LogP contribution in [-0.2, 0) is 14.6 Å². The van der Waals surface area contributed by atoms with Crippen molar-refractivity contribution < 1.29 is 13.2 Å². The topological polar surface area (TPSA) is 66.5 Å². The van der Waals surface area contributed by atoms with Crippen LogP contribution in [0, 0.1) is 0 Å². The SMILES string of the molecule is CCS(=O)(=O)CCN1CCNCC1=O.Cl.Cl. The quantitative estimate of drug-likeness (QED) is 0.772. The third kappa shape index (κ3) is 5.89. The second-order valence-electron chi connectivity index (χ2n) is 3.29. The first-order valence-electron chi connectivity index (χ1n) is 4.74. The van der Waals surface area contributed by atoms with Gasteiger partial charge in [0.25, 0.3) is 0 Å². The number of halogens is 2. The Morgan fingerprint density at radius 2 is 2.00 bits per heavy atom. The van der Waals surface area contributed by atoms with Crippen LogP contribution in [0.3, 0.4) is 0 Å². The number of nitrogens with one attached hydrogen (secondary N) is 1. The number of carbonyl (C=O) groups is 1. The predicted molar refractivity (Wildman–Crippen MR) is 68.3 cm³/mol. The Morgan fingerprint density at radius 1 is 1.38 bits per heavy atom. The zero-order valence-corrected chi connectivity index (χ0v) is 11.6. The van der Waals surface area contributed by atoms with Crippen LogP contribution in [-0.4, -0.2) is 56.9 Å². The smallest absolute Gasteiger partial charge is 0.236 e. The van der Waals surface area contributed by atoms with Crippen molar-refractivity contribution in [2.24, 2.45) is 0 Å². The number of rotatable bonds is 4. The van der Waals surface area contributed by atoms with Crippen molar-refractivity contribution >= 4 is 40.6 Å². The van der Waals surface area contributed by atoms with Gasteiger partial charge in [-0.15, -0.1) is 24.8 Å². The molecule has 1 amide bonds. The van der Waals surface area contributed by atoms with Crippen molar-refractivity contribution in [3.8, 4) is 0 Å². The molecular formula is C8H18Cl2N2O3S. The van der Waals surface area contributed by atoms with Gasteiger partial charge in [0.2, 0.25) is 5.91 Å². The maximum Gasteiger partial charge on any atom is 0.236 e. The fourth-order valence-corrected chi connectivity index (χ4v) is 2.06. The average Bonchev–Trinajstić information content (AvgIpc) is 2.17. The Balaban J connectivity index is 0. The van der Waals surface area contributed by atoms with Crippen LogP contribution in [0.1, 0.15) is 6.92 Å². The van der Waals surface area contributed by atoms with Gasteiger partial charge in [0.1, 0.15) is 0 Å².